The fourth-order valence-electron chi connectivity index (χ4n) is 4.00. The first-order valence-corrected chi connectivity index (χ1v) is 13.2. The van der Waals surface area contributed by atoms with Gasteiger partial charge in [-0.15, -0.1) is 0 Å². The number of carbonyl (C=O) groups is 1. The van der Waals surface area contributed by atoms with E-state index in [0.717, 1.165) is 24.7 Å². The molecule has 0 radical (unpaired) electrons. The van der Waals surface area contributed by atoms with E-state index in [0.29, 0.717) is 34.5 Å². The number of carbonyl (C=O) groups excluding carboxylic acids is 1. The Hall–Kier alpha value is -3.08. The molecule has 8 nitrogen and oxygen atoms in total. The van der Waals surface area contributed by atoms with Gasteiger partial charge in [0.1, 0.15) is 5.82 Å². The van der Waals surface area contributed by atoms with Crippen molar-refractivity contribution >= 4 is 26.5 Å². The maximum atomic E-state index is 14.8. The topological polar surface area (TPSA) is 118 Å². The van der Waals surface area contributed by atoms with E-state index in [-0.39, 0.29) is 24.3 Å². The fraction of sp³-hybridized carbons (Fsp3) is 0.360. The van der Waals surface area contributed by atoms with Crippen molar-refractivity contribution in [2.75, 3.05) is 6.26 Å². The third-order valence-corrected chi connectivity index (χ3v) is 8.75. The number of pyridine rings is 1. The Morgan fingerprint density at radius 1 is 1.20 bits per heavy atom. The van der Waals surface area contributed by atoms with Crippen LogP contribution >= 0.6 is 0 Å². The molecule has 0 unspecified atom stereocenters. The van der Waals surface area contributed by atoms with Gasteiger partial charge in [0.15, 0.2) is 14.6 Å². The molecule has 4 rings (SSSR count). The first kappa shape index (κ1) is 25.0. The first-order chi connectivity index (χ1) is 16.5. The minimum atomic E-state index is -3.88. The van der Waals surface area contributed by atoms with Crippen LogP contribution in [-0.2, 0) is 27.7 Å². The molecule has 3 aromatic rings. The molecule has 0 bridgehead atoms. The van der Waals surface area contributed by atoms with E-state index in [9.17, 15) is 22.4 Å². The lowest BCUT2D eigenvalue weighted by Gasteiger charge is -2.25. The maximum absolute atomic E-state index is 14.8. The number of hydrogen-bond donors (Lipinski definition) is 3. The minimum absolute atomic E-state index is 0.0570. The number of aryl methyl sites for hydroxylation is 1. The largest absolute Gasteiger partial charge is 0.315 e. The van der Waals surface area contributed by atoms with Crippen LogP contribution in [0.15, 0.2) is 53.5 Å². The number of hydroxylamine groups is 1. The first-order valence-electron chi connectivity index (χ1n) is 11.3. The minimum Gasteiger partial charge on any atom is -0.315 e. The molecule has 1 heterocycles. The number of fused-ring (bicyclic) bond motifs is 1. The molecule has 0 saturated heterocycles. The summed E-state index contributed by atoms with van der Waals surface area (Å²) in [5.74, 6) is -1.40. The highest BCUT2D eigenvalue weighted by Crippen LogP contribution is 2.27. The van der Waals surface area contributed by atoms with Crippen molar-refractivity contribution in [3.63, 3.8) is 0 Å². The fourth-order valence-corrected chi connectivity index (χ4v) is 4.85. The van der Waals surface area contributed by atoms with Crippen LogP contribution in [0.5, 0.6) is 0 Å². The normalized spacial score (nSPS) is 15.7. The number of rotatable bonds is 9. The molecule has 3 N–H and O–H groups in total. The Morgan fingerprint density at radius 3 is 2.57 bits per heavy atom. The lowest BCUT2D eigenvalue weighted by atomic mass is 10.00. The Morgan fingerprint density at radius 2 is 1.94 bits per heavy atom. The smallest absolute Gasteiger partial charge is 0.264 e. The second kappa shape index (κ2) is 9.52. The molecule has 1 aliphatic carbocycles. The Balaban J connectivity index is 1.58. The van der Waals surface area contributed by atoms with Gasteiger partial charge >= 0.3 is 0 Å². The van der Waals surface area contributed by atoms with Gasteiger partial charge in [-0.1, -0.05) is 18.2 Å². The molecular formula is C25H28FN3O5S. The molecular weight excluding hydrogens is 473 g/mol. The van der Waals surface area contributed by atoms with Gasteiger partial charge in [0, 0.05) is 42.5 Å². The zero-order valence-electron chi connectivity index (χ0n) is 19.5. The molecule has 1 amide bonds. The number of nitrogens with one attached hydrogen (secondary N) is 2. The monoisotopic (exact) mass is 501 g/mol. The molecule has 186 valence electrons. The van der Waals surface area contributed by atoms with Crippen molar-refractivity contribution in [2.24, 2.45) is 0 Å². The summed E-state index contributed by atoms with van der Waals surface area (Å²) in [7, 11) is -3.88. The van der Waals surface area contributed by atoms with Crippen LogP contribution in [0.3, 0.4) is 0 Å². The van der Waals surface area contributed by atoms with Crippen molar-refractivity contribution in [1.82, 2.24) is 15.4 Å². The standard InChI is InChI=1S/C25H28FN3O5S/c1-25(24(31)28-32,35(2,33)34)10-12-29-11-9-18-14-17(4-8-21(18)23(29)30)20-7-3-16(13-22(20)26)15-27-19-5-6-19/h3-4,7-9,11,13-14,19,27,32H,5-6,10,12,15H2,1-2H3,(H,28,31)/t25-/m1/s1. The van der Waals surface area contributed by atoms with Gasteiger partial charge in [0.05, 0.1) is 0 Å². The highest BCUT2D eigenvalue weighted by Gasteiger charge is 2.43. The predicted octanol–water partition coefficient (Wildman–Crippen LogP) is 2.76. The Labute approximate surface area is 202 Å². The van der Waals surface area contributed by atoms with Crippen molar-refractivity contribution in [3.8, 4) is 11.1 Å². The van der Waals surface area contributed by atoms with E-state index in [1.165, 1.54) is 29.2 Å². The summed E-state index contributed by atoms with van der Waals surface area (Å²) in [5.41, 5.74) is 2.98. The van der Waals surface area contributed by atoms with Crippen LogP contribution in [-0.4, -0.2) is 41.1 Å². The molecule has 0 aliphatic heterocycles. The lowest BCUT2D eigenvalue weighted by molar-refractivity contribution is -0.131. The molecule has 35 heavy (non-hydrogen) atoms. The molecule has 1 fully saturated rings. The molecule has 1 saturated carbocycles. The van der Waals surface area contributed by atoms with Crippen molar-refractivity contribution in [2.45, 2.75) is 50.1 Å². The number of halogens is 1. The van der Waals surface area contributed by atoms with Crippen molar-refractivity contribution in [1.29, 1.82) is 0 Å². The van der Waals surface area contributed by atoms with Gasteiger partial charge in [0.25, 0.3) is 11.5 Å². The summed E-state index contributed by atoms with van der Waals surface area (Å²) in [6.45, 7) is 1.77. The van der Waals surface area contributed by atoms with Gasteiger partial charge in [0.2, 0.25) is 0 Å². The Kier molecular flexibility index (Phi) is 6.81. The number of hydrogen-bond acceptors (Lipinski definition) is 6. The van der Waals surface area contributed by atoms with Gasteiger partial charge in [-0.3, -0.25) is 14.8 Å². The van der Waals surface area contributed by atoms with E-state index < -0.39 is 20.5 Å². The summed E-state index contributed by atoms with van der Waals surface area (Å²) in [5, 5.41) is 13.3. The SMILES string of the molecule is C[C@@](CCn1ccc2cc(-c3ccc(CNC4CC4)cc3F)ccc2c1=O)(C(=O)NO)S(C)(=O)=O. The number of aromatic nitrogens is 1. The molecule has 1 atom stereocenters. The van der Waals surface area contributed by atoms with E-state index >= 15 is 0 Å². The van der Waals surface area contributed by atoms with Gasteiger partial charge in [-0.2, -0.15) is 0 Å². The van der Waals surface area contributed by atoms with Gasteiger partial charge in [-0.25, -0.2) is 18.3 Å². The van der Waals surface area contributed by atoms with Crippen LogP contribution in [0, 0.1) is 5.82 Å². The highest BCUT2D eigenvalue weighted by molar-refractivity contribution is 7.92. The second-order valence-corrected chi connectivity index (χ2v) is 11.7. The van der Waals surface area contributed by atoms with E-state index in [1.54, 1.807) is 30.3 Å². The quantitative estimate of drug-likeness (QED) is 0.307. The van der Waals surface area contributed by atoms with Crippen LogP contribution in [0.25, 0.3) is 21.9 Å². The summed E-state index contributed by atoms with van der Waals surface area (Å²) in [4.78, 5) is 25.0. The lowest BCUT2D eigenvalue weighted by Crippen LogP contribution is -2.49. The number of amides is 1. The molecule has 1 aliphatic rings. The van der Waals surface area contributed by atoms with E-state index in [1.807, 2.05) is 6.07 Å². The Bertz CT molecular complexity index is 1450. The number of benzene rings is 2. The molecule has 1 aromatic heterocycles. The van der Waals surface area contributed by atoms with Crippen molar-refractivity contribution < 1.29 is 22.8 Å². The van der Waals surface area contributed by atoms with Gasteiger partial charge < -0.3 is 9.88 Å². The highest BCUT2D eigenvalue weighted by atomic mass is 32.2. The van der Waals surface area contributed by atoms with Crippen LogP contribution < -0.4 is 16.4 Å². The van der Waals surface area contributed by atoms with Crippen LogP contribution in [0.1, 0.15) is 31.7 Å². The molecule has 0 spiro atoms. The van der Waals surface area contributed by atoms with Gasteiger partial charge in [-0.05, 0) is 67.0 Å². The number of nitrogens with zero attached hydrogens (tertiary/aromatic N) is 1. The van der Waals surface area contributed by atoms with Crippen molar-refractivity contribution in [3.05, 3.63) is 70.4 Å². The van der Waals surface area contributed by atoms with Crippen LogP contribution in [0.2, 0.25) is 0 Å². The zero-order chi connectivity index (χ0) is 25.4. The summed E-state index contributed by atoms with van der Waals surface area (Å²) in [6, 6.07) is 12.4. The molecule has 2 aromatic carbocycles. The van der Waals surface area contributed by atoms with E-state index in [2.05, 4.69) is 5.32 Å². The third-order valence-electron chi connectivity index (χ3n) is 6.72. The maximum Gasteiger partial charge on any atom is 0.264 e. The molecule has 10 heteroatoms. The predicted molar refractivity (Wildman–Crippen MR) is 131 cm³/mol. The summed E-state index contributed by atoms with van der Waals surface area (Å²) in [6.07, 6.45) is 4.52. The van der Waals surface area contributed by atoms with E-state index in [4.69, 9.17) is 5.21 Å². The van der Waals surface area contributed by atoms with Crippen LogP contribution in [0.4, 0.5) is 4.39 Å². The third kappa shape index (κ3) is 5.14. The summed E-state index contributed by atoms with van der Waals surface area (Å²) >= 11 is 0. The number of sulfone groups is 1. The average molecular weight is 502 g/mol. The second-order valence-electron chi connectivity index (χ2n) is 9.28. The average Bonchev–Trinajstić information content (AvgIpc) is 3.65. The zero-order valence-corrected chi connectivity index (χ0v) is 20.4. The summed E-state index contributed by atoms with van der Waals surface area (Å²) < 4.78 is 38.6.